The summed E-state index contributed by atoms with van der Waals surface area (Å²) in [7, 11) is 0. The van der Waals surface area contributed by atoms with Gasteiger partial charge < -0.3 is 0 Å². The lowest BCUT2D eigenvalue weighted by Gasteiger charge is -2.12. The first-order valence-corrected chi connectivity index (χ1v) is 12.0. The zero-order chi connectivity index (χ0) is 23.9. The Morgan fingerprint density at radius 3 is 1.39 bits per heavy atom. The van der Waals surface area contributed by atoms with Crippen molar-refractivity contribution >= 4 is 32.3 Å². The van der Waals surface area contributed by atoms with Gasteiger partial charge in [-0.25, -0.2) is 15.0 Å². The van der Waals surface area contributed by atoms with Crippen LogP contribution in [0.15, 0.2) is 128 Å². The summed E-state index contributed by atoms with van der Waals surface area (Å²) in [6.45, 7) is 0. The summed E-state index contributed by atoms with van der Waals surface area (Å²) < 4.78 is 0. The highest BCUT2D eigenvalue weighted by Gasteiger charge is 2.10. The molecule has 0 fully saturated rings. The van der Waals surface area contributed by atoms with E-state index in [2.05, 4.69) is 101 Å². The maximum atomic E-state index is 4.70. The molecule has 0 atom stereocenters. The molecule has 0 aliphatic rings. The third-order valence-electron chi connectivity index (χ3n) is 6.82. The van der Waals surface area contributed by atoms with Crippen molar-refractivity contribution in [2.45, 2.75) is 0 Å². The fourth-order valence-corrected chi connectivity index (χ4v) is 5.06. The number of hydrogen-bond acceptors (Lipinski definition) is 3. The third-order valence-corrected chi connectivity index (χ3v) is 6.82. The van der Waals surface area contributed by atoms with Crippen LogP contribution in [0.2, 0.25) is 0 Å². The molecule has 0 spiro atoms. The van der Waals surface area contributed by atoms with E-state index in [0.29, 0.717) is 11.6 Å². The lowest BCUT2D eigenvalue weighted by atomic mass is 9.92. The zero-order valence-corrected chi connectivity index (χ0v) is 19.5. The van der Waals surface area contributed by atoms with E-state index in [9.17, 15) is 0 Å². The molecule has 6 aromatic carbocycles. The van der Waals surface area contributed by atoms with E-state index >= 15 is 0 Å². The second-order valence-electron chi connectivity index (χ2n) is 8.93. The van der Waals surface area contributed by atoms with Crippen LogP contribution in [0.5, 0.6) is 0 Å². The smallest absolute Gasteiger partial charge is 0.163 e. The minimum absolute atomic E-state index is 0.673. The lowest BCUT2D eigenvalue weighted by Crippen LogP contribution is -1.95. The van der Waals surface area contributed by atoms with E-state index in [-0.39, 0.29) is 0 Å². The fourth-order valence-electron chi connectivity index (χ4n) is 5.06. The Kier molecular flexibility index (Phi) is 4.78. The number of nitrogens with zero attached hydrogens (tertiary/aromatic N) is 3. The Morgan fingerprint density at radius 2 is 0.778 bits per heavy atom. The van der Waals surface area contributed by atoms with E-state index in [1.807, 2.05) is 30.3 Å². The molecule has 1 heterocycles. The SMILES string of the molecule is c1ccc(-c2ncnc(-c3ccc(-c4ccc5c6ccccc6c6ccccc6c5c4)cc3)n2)cc1. The standard InChI is InChI=1S/C33H21N3/c1-2-8-23(9-3-1)32-34-21-35-33(36-32)24-16-14-22(15-17-24)25-18-19-30-28-12-5-4-10-26(28)27-11-6-7-13-29(27)31(30)20-25/h1-21H. The maximum Gasteiger partial charge on any atom is 0.163 e. The van der Waals surface area contributed by atoms with Gasteiger partial charge in [0.05, 0.1) is 0 Å². The second kappa shape index (κ2) is 8.40. The summed E-state index contributed by atoms with van der Waals surface area (Å²) >= 11 is 0. The first-order chi connectivity index (χ1) is 17.8. The Bertz CT molecular complexity index is 1840. The van der Waals surface area contributed by atoms with E-state index in [0.717, 1.165) is 16.7 Å². The van der Waals surface area contributed by atoms with E-state index < -0.39 is 0 Å². The van der Waals surface area contributed by atoms with Gasteiger partial charge in [0, 0.05) is 11.1 Å². The zero-order valence-electron chi connectivity index (χ0n) is 19.5. The molecule has 0 saturated heterocycles. The molecule has 3 heteroatoms. The van der Waals surface area contributed by atoms with Crippen molar-refractivity contribution in [1.29, 1.82) is 0 Å². The van der Waals surface area contributed by atoms with Crippen molar-refractivity contribution in [3.8, 4) is 33.9 Å². The molecule has 36 heavy (non-hydrogen) atoms. The molecule has 0 saturated carbocycles. The highest BCUT2D eigenvalue weighted by atomic mass is 15.0. The minimum Gasteiger partial charge on any atom is -0.217 e. The molecule has 0 N–H and O–H groups in total. The van der Waals surface area contributed by atoms with Crippen LogP contribution in [0, 0.1) is 0 Å². The van der Waals surface area contributed by atoms with Gasteiger partial charge in [0.15, 0.2) is 11.6 Å². The average molecular weight is 460 g/mol. The van der Waals surface area contributed by atoms with E-state index in [4.69, 9.17) is 4.98 Å². The van der Waals surface area contributed by atoms with Crippen molar-refractivity contribution in [3.63, 3.8) is 0 Å². The van der Waals surface area contributed by atoms with Crippen LogP contribution in [0.25, 0.3) is 66.2 Å². The van der Waals surface area contributed by atoms with E-state index in [1.54, 1.807) is 6.33 Å². The van der Waals surface area contributed by atoms with Crippen LogP contribution in [0.1, 0.15) is 0 Å². The van der Waals surface area contributed by atoms with Crippen LogP contribution >= 0.6 is 0 Å². The van der Waals surface area contributed by atoms with Crippen LogP contribution in [-0.4, -0.2) is 15.0 Å². The number of rotatable bonds is 3. The second-order valence-corrected chi connectivity index (χ2v) is 8.93. The molecule has 0 amide bonds. The normalized spacial score (nSPS) is 11.3. The molecule has 0 unspecified atom stereocenters. The Morgan fingerprint density at radius 1 is 0.333 bits per heavy atom. The van der Waals surface area contributed by atoms with Gasteiger partial charge in [0.25, 0.3) is 0 Å². The molecular weight excluding hydrogens is 438 g/mol. The average Bonchev–Trinajstić information content (AvgIpc) is 2.98. The minimum atomic E-state index is 0.673. The summed E-state index contributed by atoms with van der Waals surface area (Å²) in [5.74, 6) is 1.35. The van der Waals surface area contributed by atoms with Gasteiger partial charge in [0.1, 0.15) is 6.33 Å². The molecule has 0 aliphatic carbocycles. The topological polar surface area (TPSA) is 38.7 Å². The van der Waals surface area contributed by atoms with Crippen LogP contribution < -0.4 is 0 Å². The summed E-state index contributed by atoms with van der Waals surface area (Å²) in [5.41, 5.74) is 4.30. The highest BCUT2D eigenvalue weighted by Crippen LogP contribution is 2.37. The van der Waals surface area contributed by atoms with Gasteiger partial charge in [-0.15, -0.1) is 0 Å². The fraction of sp³-hybridized carbons (Fsp3) is 0. The van der Waals surface area contributed by atoms with Gasteiger partial charge in [-0.3, -0.25) is 0 Å². The predicted molar refractivity (Wildman–Crippen MR) is 149 cm³/mol. The summed E-state index contributed by atoms with van der Waals surface area (Å²) in [4.78, 5) is 13.5. The monoisotopic (exact) mass is 459 g/mol. The van der Waals surface area contributed by atoms with Crippen LogP contribution in [0.4, 0.5) is 0 Å². The predicted octanol–water partition coefficient (Wildman–Crippen LogP) is 8.33. The van der Waals surface area contributed by atoms with Crippen molar-refractivity contribution in [3.05, 3.63) is 128 Å². The first-order valence-electron chi connectivity index (χ1n) is 12.0. The lowest BCUT2D eigenvalue weighted by molar-refractivity contribution is 1.07. The van der Waals surface area contributed by atoms with Crippen molar-refractivity contribution < 1.29 is 0 Å². The summed E-state index contributed by atoms with van der Waals surface area (Å²) in [6, 6.07) is 42.6. The quantitative estimate of drug-likeness (QED) is 0.249. The molecule has 7 rings (SSSR count). The summed E-state index contributed by atoms with van der Waals surface area (Å²) in [6.07, 6.45) is 1.58. The third kappa shape index (κ3) is 3.41. The van der Waals surface area contributed by atoms with Crippen LogP contribution in [0.3, 0.4) is 0 Å². The van der Waals surface area contributed by atoms with Gasteiger partial charge in [-0.05, 0) is 49.5 Å². The summed E-state index contributed by atoms with van der Waals surface area (Å²) in [5, 5.41) is 7.71. The van der Waals surface area contributed by atoms with Gasteiger partial charge in [0.2, 0.25) is 0 Å². The highest BCUT2D eigenvalue weighted by molar-refractivity contribution is 6.25. The molecule has 0 aliphatic heterocycles. The Hall–Kier alpha value is -4.89. The van der Waals surface area contributed by atoms with Gasteiger partial charge >= 0.3 is 0 Å². The number of aromatic nitrogens is 3. The Labute approximate surface area is 208 Å². The number of benzene rings is 6. The number of hydrogen-bond donors (Lipinski definition) is 0. The van der Waals surface area contributed by atoms with E-state index in [1.165, 1.54) is 37.9 Å². The molecule has 0 radical (unpaired) electrons. The molecule has 168 valence electrons. The van der Waals surface area contributed by atoms with Crippen molar-refractivity contribution in [2.75, 3.05) is 0 Å². The maximum absolute atomic E-state index is 4.70. The largest absolute Gasteiger partial charge is 0.217 e. The molecular formula is C33H21N3. The molecule has 1 aromatic heterocycles. The van der Waals surface area contributed by atoms with Crippen molar-refractivity contribution in [1.82, 2.24) is 15.0 Å². The Balaban J connectivity index is 1.31. The van der Waals surface area contributed by atoms with Crippen molar-refractivity contribution in [2.24, 2.45) is 0 Å². The molecule has 0 bridgehead atoms. The van der Waals surface area contributed by atoms with Crippen LogP contribution in [-0.2, 0) is 0 Å². The molecule has 3 nitrogen and oxygen atoms in total. The van der Waals surface area contributed by atoms with Gasteiger partial charge in [-0.2, -0.15) is 0 Å². The first kappa shape index (κ1) is 20.5. The molecule has 7 aromatic rings. The van der Waals surface area contributed by atoms with Gasteiger partial charge in [-0.1, -0.05) is 115 Å². The number of fused-ring (bicyclic) bond motifs is 6.